The smallest absolute Gasteiger partial charge is 0.259 e. The number of nitrogens with zero attached hydrogens (tertiary/aromatic N) is 27. The molecule has 6 N–H and O–H groups in total. The van der Waals surface area contributed by atoms with E-state index in [2.05, 4.69) is 172 Å². The van der Waals surface area contributed by atoms with Crippen LogP contribution in [0.2, 0.25) is 0 Å². The van der Waals surface area contributed by atoms with Gasteiger partial charge in [0.25, 0.3) is 23.6 Å². The van der Waals surface area contributed by atoms with Crippen molar-refractivity contribution in [1.82, 2.24) is 120 Å². The van der Waals surface area contributed by atoms with E-state index in [-0.39, 0.29) is 53.3 Å². The molecule has 0 aliphatic carbocycles. The average molecular weight is 1610 g/mol. The number of hydrogen-bond acceptors (Lipinski definition) is 33. The molecular weight excluding hydrogens is 1520 g/mol. The molecule has 0 bridgehead atoms. The van der Waals surface area contributed by atoms with Crippen LogP contribution in [0.15, 0.2) is 171 Å². The molecule has 5 amide bonds. The highest BCUT2D eigenvalue weighted by molar-refractivity contribution is 6.05. The minimum atomic E-state index is -0.359. The number of nitrogens with one attached hydrogen (secondary N) is 5. The highest BCUT2D eigenvalue weighted by Gasteiger charge is 2.26. The van der Waals surface area contributed by atoms with Gasteiger partial charge in [0, 0.05) is 184 Å². The van der Waals surface area contributed by atoms with Crippen LogP contribution in [0, 0.1) is 27.7 Å². The minimum absolute atomic E-state index is 0.0836. The minimum Gasteiger partial charge on any atom is -0.354 e. The van der Waals surface area contributed by atoms with E-state index in [4.69, 9.17) is 0 Å². The van der Waals surface area contributed by atoms with Gasteiger partial charge in [0.2, 0.25) is 29.7 Å². The molecule has 608 valence electrons. The molecule has 0 saturated carbocycles. The first-order valence-corrected chi connectivity index (χ1v) is 38.4. The van der Waals surface area contributed by atoms with Crippen molar-refractivity contribution in [2.24, 2.45) is 0 Å². The molecule has 16 heterocycles. The number of carbonyl (C=O) groups is 5. The largest absolute Gasteiger partial charge is 0.354 e. The van der Waals surface area contributed by atoms with Crippen LogP contribution >= 0.6 is 0 Å². The second-order valence-corrected chi connectivity index (χ2v) is 28.1. The Morgan fingerprint density at radius 1 is 0.361 bits per heavy atom. The predicted octanol–water partition coefficient (Wildman–Crippen LogP) is 6.68. The fourth-order valence-corrected chi connectivity index (χ4v) is 12.9. The molecule has 0 radical (unpaired) electrons. The number of likely N-dealkylation sites (N-methyl/N-ethyl adjacent to an activating group) is 1. The van der Waals surface area contributed by atoms with Crippen LogP contribution in [-0.4, -0.2) is 260 Å². The molecule has 0 unspecified atom stereocenters. The summed E-state index contributed by atoms with van der Waals surface area (Å²) in [7, 11) is 2.11. The molecule has 38 heteroatoms. The monoisotopic (exact) mass is 1600 g/mol. The van der Waals surface area contributed by atoms with Crippen molar-refractivity contribution >= 4 is 76.6 Å². The Bertz CT molecular complexity index is 5250. The van der Waals surface area contributed by atoms with Crippen LogP contribution in [-0.2, 0) is 4.79 Å². The highest BCUT2D eigenvalue weighted by atomic mass is 16.5. The van der Waals surface area contributed by atoms with Gasteiger partial charge in [-0.05, 0) is 146 Å². The summed E-state index contributed by atoms with van der Waals surface area (Å²) in [4.78, 5) is 160. The van der Waals surface area contributed by atoms with Crippen LogP contribution in [0.3, 0.4) is 0 Å². The fraction of sp³-hybridized carbons (Fsp3) is 0.296. The SMILES string of the molecule is CC(=O)N1CCN(c2ccc(C(=O)Nc3nc(C)nc(-c4ccncc4)n3)cn2)CC1.Cc1nc(NC(=O)c2ccc(N3CCN(C)CC3)nc2)nc(-c2ccncc2)n1.Cc1nc(NC(=O)c2ccc(N3CCN(O)CC3)nc2)nc(-c2ccccn2)n1.Cc1nc(NC(=O)c2ccc(N3C[C@@H](C)N[C@@H](C)C3)nc2)nc(-c2ccccn2)n1. The van der Waals surface area contributed by atoms with Crippen molar-refractivity contribution in [3.63, 3.8) is 0 Å². The number of pyridine rings is 8. The third-order valence-corrected chi connectivity index (χ3v) is 18.9. The summed E-state index contributed by atoms with van der Waals surface area (Å²) in [5, 5.41) is 25.1. The summed E-state index contributed by atoms with van der Waals surface area (Å²) in [6.45, 7) is 23.7. The highest BCUT2D eigenvalue weighted by Crippen LogP contribution is 2.24. The number of aromatic nitrogens is 20. The van der Waals surface area contributed by atoms with Crippen LogP contribution in [0.5, 0.6) is 0 Å². The summed E-state index contributed by atoms with van der Waals surface area (Å²) in [5.74, 6) is 6.48. The van der Waals surface area contributed by atoms with Gasteiger partial charge in [0.1, 0.15) is 58.0 Å². The van der Waals surface area contributed by atoms with E-state index >= 15 is 0 Å². The van der Waals surface area contributed by atoms with Gasteiger partial charge in [-0.25, -0.2) is 39.9 Å². The van der Waals surface area contributed by atoms with E-state index in [1.54, 1.807) is 163 Å². The van der Waals surface area contributed by atoms with E-state index < -0.39 is 0 Å². The van der Waals surface area contributed by atoms with Gasteiger partial charge >= 0.3 is 0 Å². The third-order valence-electron chi connectivity index (χ3n) is 18.9. The zero-order valence-corrected chi connectivity index (χ0v) is 66.8. The molecule has 4 aliphatic rings. The number of hydroxylamine groups is 2. The molecule has 2 atom stereocenters. The zero-order chi connectivity index (χ0) is 83.3. The van der Waals surface area contributed by atoms with Crippen molar-refractivity contribution < 1.29 is 29.2 Å². The van der Waals surface area contributed by atoms with Crippen molar-refractivity contribution in [1.29, 1.82) is 0 Å². The summed E-state index contributed by atoms with van der Waals surface area (Å²) in [6.07, 6.45) is 16.2. The van der Waals surface area contributed by atoms with Gasteiger partial charge in [0.15, 0.2) is 23.3 Å². The predicted molar refractivity (Wildman–Crippen MR) is 444 cm³/mol. The number of rotatable bonds is 16. The molecule has 4 fully saturated rings. The molecule has 12 aromatic rings. The van der Waals surface area contributed by atoms with E-state index in [0.717, 1.165) is 73.7 Å². The lowest BCUT2D eigenvalue weighted by molar-refractivity contribution is -0.129. The van der Waals surface area contributed by atoms with Gasteiger partial charge in [-0.15, -0.1) is 0 Å². The Balaban J connectivity index is 0.000000137. The van der Waals surface area contributed by atoms with Crippen molar-refractivity contribution in [2.45, 2.75) is 60.5 Å². The number of carbonyl (C=O) groups excluding carboxylic acids is 5. The molecule has 16 rings (SSSR count). The molecule has 4 aliphatic heterocycles. The molecular formula is C81H88N32O6. The van der Waals surface area contributed by atoms with Crippen LogP contribution in [0.4, 0.5) is 47.1 Å². The first-order chi connectivity index (χ1) is 57.6. The van der Waals surface area contributed by atoms with Gasteiger partial charge in [0.05, 0.1) is 22.3 Å². The Labute approximate surface area is 685 Å². The Morgan fingerprint density at radius 3 is 1.00 bits per heavy atom. The molecule has 38 nitrogen and oxygen atoms in total. The molecule has 12 aromatic heterocycles. The Morgan fingerprint density at radius 2 is 0.681 bits per heavy atom. The average Bonchev–Trinajstić information content (AvgIpc) is 0.839. The maximum absolute atomic E-state index is 12.7. The van der Waals surface area contributed by atoms with Gasteiger partial charge in [-0.2, -0.15) is 44.9 Å². The lowest BCUT2D eigenvalue weighted by atomic mass is 10.1. The van der Waals surface area contributed by atoms with Crippen LogP contribution < -0.4 is 46.2 Å². The maximum Gasteiger partial charge on any atom is 0.259 e. The van der Waals surface area contributed by atoms with Crippen LogP contribution in [0.25, 0.3) is 45.8 Å². The van der Waals surface area contributed by atoms with E-state index in [9.17, 15) is 29.2 Å². The van der Waals surface area contributed by atoms with Crippen LogP contribution in [0.1, 0.15) is 85.5 Å². The van der Waals surface area contributed by atoms with E-state index in [1.165, 1.54) is 17.5 Å². The number of amides is 5. The topological polar surface area (TPSA) is 446 Å². The molecule has 119 heavy (non-hydrogen) atoms. The first kappa shape index (κ1) is 82.6. The first-order valence-electron chi connectivity index (χ1n) is 38.4. The fourth-order valence-electron chi connectivity index (χ4n) is 12.9. The maximum atomic E-state index is 12.7. The van der Waals surface area contributed by atoms with E-state index in [0.29, 0.717) is 145 Å². The summed E-state index contributed by atoms with van der Waals surface area (Å²) in [6, 6.07) is 33.2. The van der Waals surface area contributed by atoms with Gasteiger partial charge in [-0.3, -0.25) is 65.2 Å². The standard InChI is InChI=1S/C21H22N8O2.C21H24N8O.C20H22N8O.C19H20N8O2/c1-14-24-19(16-5-7-22-8-6-16)26-21(25-14)27-20(31)17-3-4-18(23-13-17)29-11-9-28(10-12-29)15(2)30;1-13-11-29(12-14(2)24-13)18-8-7-16(10-23-18)20(30)28-21-26-15(3)25-19(27-21)17-6-4-5-9-22-17;1-14-23-18(15-5-7-21-8-6-15)25-20(24-14)26-19(29)16-3-4-17(22-13-16)28-11-9-27(2)10-12-28;1-13-22-17(15-4-2-3-7-20-15)24-19(23-13)25-18(28)14-5-6-16(21-12-14)26-8-10-27(29)11-9-26/h3-8,13H,9-12H2,1-2H3,(H,24,25,26,27,31);4-10,13-14,24H,11-12H2,1-3H3,(H,25,26,27,28,30);3-8,13H,9-12H2,1-2H3,(H,23,24,25,26,29);2-7,12,29H,8-11H2,1H3,(H,22,23,24,25,28)/t;13-,14+;;. The van der Waals surface area contributed by atoms with Crippen molar-refractivity contribution in [2.75, 3.05) is 140 Å². The second kappa shape index (κ2) is 39.3. The van der Waals surface area contributed by atoms with Gasteiger partial charge < -0.3 is 39.9 Å². The lowest BCUT2D eigenvalue weighted by Gasteiger charge is -2.36. The number of anilines is 8. The molecule has 0 aromatic carbocycles. The quantitative estimate of drug-likeness (QED) is 0.0587. The van der Waals surface area contributed by atoms with Crippen molar-refractivity contribution in [3.05, 3.63) is 217 Å². The second-order valence-electron chi connectivity index (χ2n) is 28.1. The molecule has 0 spiro atoms. The number of hydrogen-bond donors (Lipinski definition) is 6. The van der Waals surface area contributed by atoms with Crippen molar-refractivity contribution in [3.8, 4) is 45.8 Å². The Kier molecular flexibility index (Phi) is 27.3. The number of piperazine rings is 4. The summed E-state index contributed by atoms with van der Waals surface area (Å²) in [5.41, 5.74) is 4.48. The van der Waals surface area contributed by atoms with E-state index in [1.807, 2.05) is 35.2 Å². The summed E-state index contributed by atoms with van der Waals surface area (Å²) < 4.78 is 0. The summed E-state index contributed by atoms with van der Waals surface area (Å²) >= 11 is 0. The third kappa shape index (κ3) is 23.0. The number of aryl methyl sites for hydroxylation is 4. The Hall–Kier alpha value is -14.4. The lowest BCUT2D eigenvalue weighted by Crippen LogP contribution is -2.54. The van der Waals surface area contributed by atoms with Gasteiger partial charge in [-0.1, -0.05) is 12.1 Å². The normalized spacial score (nSPS) is 15.5. The molecule has 4 saturated heterocycles. The zero-order valence-electron chi connectivity index (χ0n) is 66.8.